The Kier molecular flexibility index (Phi) is 5.89. The number of phenols is 1. The fourth-order valence-corrected chi connectivity index (χ4v) is 3.68. The van der Waals surface area contributed by atoms with E-state index in [1.807, 2.05) is 0 Å². The van der Waals surface area contributed by atoms with Gasteiger partial charge in [-0.15, -0.1) is 0 Å². The van der Waals surface area contributed by atoms with E-state index < -0.39 is 12.1 Å². The third kappa shape index (κ3) is 3.62. The largest absolute Gasteiger partial charge is 0.502 e. The summed E-state index contributed by atoms with van der Waals surface area (Å²) in [6, 6.07) is 6.14. The zero-order chi connectivity index (χ0) is 23.7. The summed E-state index contributed by atoms with van der Waals surface area (Å²) in [4.78, 5) is 13.8. The van der Waals surface area contributed by atoms with Crippen molar-refractivity contribution in [3.8, 4) is 28.7 Å². The highest BCUT2D eigenvalue weighted by Crippen LogP contribution is 2.44. The van der Waals surface area contributed by atoms with Gasteiger partial charge in [0.05, 0.1) is 45.8 Å². The zero-order valence-electron chi connectivity index (χ0n) is 18.4. The fraction of sp³-hybridized carbons (Fsp3) is 0.208. The lowest BCUT2D eigenvalue weighted by atomic mass is 9.96. The van der Waals surface area contributed by atoms with Crippen molar-refractivity contribution in [2.24, 2.45) is 0 Å². The van der Waals surface area contributed by atoms with Crippen molar-refractivity contribution in [2.75, 3.05) is 28.4 Å². The monoisotopic (exact) mass is 454 g/mol. The molecule has 172 valence electrons. The van der Waals surface area contributed by atoms with Gasteiger partial charge in [0.2, 0.25) is 17.8 Å². The van der Waals surface area contributed by atoms with Gasteiger partial charge in [-0.25, -0.2) is 0 Å². The van der Waals surface area contributed by atoms with Crippen molar-refractivity contribution >= 4 is 22.3 Å². The van der Waals surface area contributed by atoms with Crippen LogP contribution in [0.5, 0.6) is 28.7 Å². The smallest absolute Gasteiger partial charge is 0.227 e. The maximum absolute atomic E-state index is 13.8. The Balaban J connectivity index is 1.99. The van der Waals surface area contributed by atoms with Gasteiger partial charge >= 0.3 is 0 Å². The first-order valence-electron chi connectivity index (χ1n) is 9.82. The molecule has 0 aliphatic carbocycles. The van der Waals surface area contributed by atoms with Crippen molar-refractivity contribution in [2.45, 2.75) is 6.29 Å². The van der Waals surface area contributed by atoms with Crippen LogP contribution in [0.15, 0.2) is 47.1 Å². The summed E-state index contributed by atoms with van der Waals surface area (Å²) in [5, 5.41) is 21.3. The molecular weight excluding hydrogens is 432 g/mol. The van der Waals surface area contributed by atoms with Gasteiger partial charge < -0.3 is 38.3 Å². The van der Waals surface area contributed by atoms with E-state index in [-0.39, 0.29) is 39.5 Å². The second-order valence-corrected chi connectivity index (χ2v) is 6.98. The quantitative estimate of drug-likeness (QED) is 0.516. The Morgan fingerprint density at radius 1 is 0.970 bits per heavy atom. The first-order chi connectivity index (χ1) is 15.9. The fourth-order valence-electron chi connectivity index (χ4n) is 3.68. The number of ether oxygens (including phenoxy) is 5. The third-order valence-corrected chi connectivity index (χ3v) is 5.26. The number of aliphatic hydroxyl groups excluding tert-OH is 1. The lowest BCUT2D eigenvalue weighted by molar-refractivity contribution is -0.00550. The first-order valence-corrected chi connectivity index (χ1v) is 9.82. The van der Waals surface area contributed by atoms with E-state index in [0.29, 0.717) is 22.6 Å². The van der Waals surface area contributed by atoms with Gasteiger partial charge in [-0.2, -0.15) is 0 Å². The summed E-state index contributed by atoms with van der Waals surface area (Å²) in [7, 11) is 5.76. The lowest BCUT2D eigenvalue weighted by Crippen LogP contribution is -2.15. The van der Waals surface area contributed by atoms with Crippen LogP contribution in [-0.4, -0.2) is 50.7 Å². The van der Waals surface area contributed by atoms with Crippen LogP contribution in [0.2, 0.25) is 0 Å². The second-order valence-electron chi connectivity index (χ2n) is 6.98. The molecule has 0 bridgehead atoms. The van der Waals surface area contributed by atoms with Gasteiger partial charge in [0, 0.05) is 10.9 Å². The summed E-state index contributed by atoms with van der Waals surface area (Å²) in [6.07, 6.45) is 3.07. The predicted octanol–water partition coefficient (Wildman–Crippen LogP) is 3.65. The maximum Gasteiger partial charge on any atom is 0.227 e. The van der Waals surface area contributed by atoms with E-state index in [1.165, 1.54) is 52.9 Å². The topological polar surface area (TPSA) is 117 Å². The highest BCUT2D eigenvalue weighted by molar-refractivity contribution is 6.19. The number of carbonyl (C=O) groups is 1. The molecular formula is C24H22O9. The van der Waals surface area contributed by atoms with Gasteiger partial charge in [0.25, 0.3) is 0 Å². The van der Waals surface area contributed by atoms with E-state index >= 15 is 0 Å². The number of benzene rings is 2. The van der Waals surface area contributed by atoms with Gasteiger partial charge in [-0.05, 0) is 36.4 Å². The Morgan fingerprint density at radius 3 is 2.21 bits per heavy atom. The molecule has 0 saturated carbocycles. The molecule has 1 aromatic heterocycles. The number of rotatable bonds is 7. The molecule has 3 aromatic rings. The second kappa shape index (κ2) is 8.79. The number of hydrogen-bond donors (Lipinski definition) is 2. The number of methoxy groups -OCH3 is 4. The number of furan rings is 1. The number of fused-ring (bicyclic) bond motifs is 1. The molecule has 0 saturated heterocycles. The standard InChI is InChI=1S/C24H22O9/c1-28-15-8-7-13-18(19(25)12-10-16(29-2)23(31-4)17(11-12)30-3)21(33-22(13)20(15)26)14-6-5-9-32-24(14)27/h5-11,24,26-27H,1-4H3. The van der Waals surface area contributed by atoms with Crippen molar-refractivity contribution in [1.82, 2.24) is 0 Å². The summed E-state index contributed by atoms with van der Waals surface area (Å²) in [5.74, 6) is 0.399. The molecule has 0 fully saturated rings. The molecule has 1 aliphatic rings. The Hall–Kier alpha value is -4.11. The molecule has 1 aliphatic heterocycles. The SMILES string of the molecule is COc1cc(C(=O)c2c(C3=CC=COC3O)oc3c(O)c(OC)ccc23)cc(OC)c1OC. The average molecular weight is 454 g/mol. The normalized spacial score (nSPS) is 15.1. The minimum Gasteiger partial charge on any atom is -0.502 e. The Labute approximate surface area is 189 Å². The number of phenolic OH excluding ortho intramolecular Hbond substituents is 1. The maximum atomic E-state index is 13.8. The summed E-state index contributed by atoms with van der Waals surface area (Å²) < 4.78 is 32.3. The van der Waals surface area contributed by atoms with Crippen LogP contribution >= 0.6 is 0 Å². The summed E-state index contributed by atoms with van der Waals surface area (Å²) in [5.41, 5.74) is 0.568. The molecule has 4 rings (SSSR count). The number of aromatic hydroxyl groups is 1. The van der Waals surface area contributed by atoms with E-state index in [0.717, 1.165) is 0 Å². The van der Waals surface area contributed by atoms with Crippen LogP contribution in [-0.2, 0) is 4.74 Å². The molecule has 33 heavy (non-hydrogen) atoms. The van der Waals surface area contributed by atoms with Crippen molar-refractivity contribution < 1.29 is 43.1 Å². The van der Waals surface area contributed by atoms with E-state index in [2.05, 4.69) is 0 Å². The highest BCUT2D eigenvalue weighted by atomic mass is 16.6. The number of ketones is 1. The molecule has 9 nitrogen and oxygen atoms in total. The number of carbonyl (C=O) groups excluding carboxylic acids is 1. The van der Waals surface area contributed by atoms with Gasteiger partial charge in [-0.3, -0.25) is 4.79 Å². The molecule has 0 radical (unpaired) electrons. The van der Waals surface area contributed by atoms with Crippen LogP contribution in [0.25, 0.3) is 16.5 Å². The average Bonchev–Trinajstić information content (AvgIpc) is 3.23. The minimum atomic E-state index is -1.37. The summed E-state index contributed by atoms with van der Waals surface area (Å²) >= 11 is 0. The van der Waals surface area contributed by atoms with Crippen molar-refractivity contribution in [1.29, 1.82) is 0 Å². The Bertz CT molecular complexity index is 1260. The van der Waals surface area contributed by atoms with Gasteiger partial charge in [0.15, 0.2) is 28.6 Å². The number of hydrogen-bond acceptors (Lipinski definition) is 9. The van der Waals surface area contributed by atoms with Crippen LogP contribution in [0.4, 0.5) is 0 Å². The van der Waals surface area contributed by atoms with E-state index in [4.69, 9.17) is 28.1 Å². The third-order valence-electron chi connectivity index (χ3n) is 5.26. The predicted molar refractivity (Wildman–Crippen MR) is 118 cm³/mol. The van der Waals surface area contributed by atoms with E-state index in [9.17, 15) is 15.0 Å². The number of allylic oxidation sites excluding steroid dienone is 2. The molecule has 0 amide bonds. The van der Waals surface area contributed by atoms with Gasteiger partial charge in [0.1, 0.15) is 5.76 Å². The van der Waals surface area contributed by atoms with Crippen molar-refractivity contribution in [3.05, 3.63) is 59.6 Å². The minimum absolute atomic E-state index is 0.0304. The summed E-state index contributed by atoms with van der Waals surface area (Å²) in [6.45, 7) is 0. The van der Waals surface area contributed by atoms with E-state index in [1.54, 1.807) is 18.2 Å². The Morgan fingerprint density at radius 2 is 1.64 bits per heavy atom. The molecule has 1 unspecified atom stereocenters. The molecule has 2 heterocycles. The van der Waals surface area contributed by atoms with Crippen LogP contribution in [0, 0.1) is 0 Å². The van der Waals surface area contributed by atoms with Gasteiger partial charge in [-0.1, -0.05) is 0 Å². The zero-order valence-corrected chi connectivity index (χ0v) is 18.4. The van der Waals surface area contributed by atoms with Crippen LogP contribution in [0.3, 0.4) is 0 Å². The first kappa shape index (κ1) is 22.1. The highest BCUT2D eigenvalue weighted by Gasteiger charge is 2.31. The molecule has 2 N–H and O–H groups in total. The van der Waals surface area contributed by atoms with Crippen molar-refractivity contribution in [3.63, 3.8) is 0 Å². The van der Waals surface area contributed by atoms with Crippen LogP contribution < -0.4 is 18.9 Å². The van der Waals surface area contributed by atoms with Crippen LogP contribution in [0.1, 0.15) is 21.7 Å². The molecule has 9 heteroatoms. The lowest BCUT2D eigenvalue weighted by Gasteiger charge is -2.17. The molecule has 0 spiro atoms. The number of aliphatic hydroxyl groups is 1. The molecule has 2 aromatic carbocycles. The molecule has 1 atom stereocenters.